The second kappa shape index (κ2) is 12.8. The van der Waals surface area contributed by atoms with Crippen LogP contribution in [-0.4, -0.2) is 49.3 Å². The first-order chi connectivity index (χ1) is 15.3. The van der Waals surface area contributed by atoms with Gasteiger partial charge in [-0.2, -0.15) is 0 Å². The number of rotatable bonds is 6. The zero-order valence-electron chi connectivity index (χ0n) is 20.5. The van der Waals surface area contributed by atoms with Gasteiger partial charge in [0.15, 0.2) is 6.61 Å². The number of likely N-dealkylation sites (N-methyl/N-ethyl adjacent to an activating group) is 1. The molecular weight excluding hydrogens is 418 g/mol. The second-order valence-corrected chi connectivity index (χ2v) is 9.60. The van der Waals surface area contributed by atoms with Gasteiger partial charge in [-0.15, -0.1) is 11.8 Å². The number of piperidine rings is 1. The molecule has 5 nitrogen and oxygen atoms in total. The van der Waals surface area contributed by atoms with Crippen molar-refractivity contribution < 1.29 is 9.53 Å². The fraction of sp³-hybridized carbons (Fsp3) is 0.500. The summed E-state index contributed by atoms with van der Waals surface area (Å²) in [7, 11) is 1.88. The molecule has 1 amide bonds. The first-order valence-electron chi connectivity index (χ1n) is 11.4. The highest BCUT2D eigenvalue weighted by atomic mass is 32.2. The fourth-order valence-electron chi connectivity index (χ4n) is 3.84. The molecule has 0 bridgehead atoms. The molecule has 2 aromatic carbocycles. The molecule has 0 unspecified atom stereocenters. The summed E-state index contributed by atoms with van der Waals surface area (Å²) in [4.78, 5) is 15.6. The molecule has 1 aliphatic heterocycles. The lowest BCUT2D eigenvalue weighted by molar-refractivity contribution is -0.134. The number of anilines is 1. The van der Waals surface area contributed by atoms with E-state index in [0.717, 1.165) is 65.4 Å². The quantitative estimate of drug-likeness (QED) is 0.477. The molecule has 3 rings (SSSR count). The summed E-state index contributed by atoms with van der Waals surface area (Å²) in [6, 6.07) is 10.8. The number of nitrogens with one attached hydrogen (secondary N) is 1. The third kappa shape index (κ3) is 6.91. The molecule has 1 fully saturated rings. The highest BCUT2D eigenvalue weighted by molar-refractivity contribution is 7.99. The topological polar surface area (TPSA) is 67.6 Å². The maximum Gasteiger partial charge on any atom is 0.260 e. The normalized spacial score (nSPS) is 13.8. The van der Waals surface area contributed by atoms with E-state index in [1.807, 2.05) is 57.5 Å². The number of benzene rings is 2. The molecule has 0 radical (unpaired) electrons. The molecule has 32 heavy (non-hydrogen) atoms. The SMILES string of the molecule is CCSc1ccccc1.Cc1c(C)c(OCC(=O)N(C)C2CCNCC2)c(C)c(C)c1N. The third-order valence-electron chi connectivity index (χ3n) is 6.26. The van der Waals surface area contributed by atoms with Crippen molar-refractivity contribution in [2.75, 3.05) is 38.2 Å². The third-order valence-corrected chi connectivity index (χ3v) is 7.15. The number of carbonyl (C=O) groups excluding carboxylic acids is 1. The van der Waals surface area contributed by atoms with Gasteiger partial charge in [-0.1, -0.05) is 25.1 Å². The number of thioether (sulfide) groups is 1. The summed E-state index contributed by atoms with van der Waals surface area (Å²) in [6.07, 6.45) is 2.00. The summed E-state index contributed by atoms with van der Waals surface area (Å²) in [6.45, 7) is 12.2. The molecule has 0 aliphatic carbocycles. The van der Waals surface area contributed by atoms with Crippen LogP contribution in [0.25, 0.3) is 0 Å². The minimum absolute atomic E-state index is 0.0304. The van der Waals surface area contributed by atoms with Crippen LogP contribution in [0.1, 0.15) is 42.0 Å². The van der Waals surface area contributed by atoms with E-state index in [1.165, 1.54) is 4.90 Å². The van der Waals surface area contributed by atoms with Crippen LogP contribution >= 0.6 is 11.8 Å². The Morgan fingerprint density at radius 2 is 1.62 bits per heavy atom. The van der Waals surface area contributed by atoms with Crippen molar-refractivity contribution in [3.63, 3.8) is 0 Å². The van der Waals surface area contributed by atoms with Crippen molar-refractivity contribution in [2.24, 2.45) is 0 Å². The Hall–Kier alpha value is -2.18. The van der Waals surface area contributed by atoms with Gasteiger partial charge < -0.3 is 20.7 Å². The smallest absolute Gasteiger partial charge is 0.260 e. The highest BCUT2D eigenvalue weighted by Crippen LogP contribution is 2.34. The Morgan fingerprint density at radius 1 is 1.06 bits per heavy atom. The van der Waals surface area contributed by atoms with Crippen LogP contribution in [0.3, 0.4) is 0 Å². The van der Waals surface area contributed by atoms with E-state index in [1.54, 1.807) is 0 Å². The lowest BCUT2D eigenvalue weighted by atomic mass is 9.97. The molecule has 0 atom stereocenters. The number of amides is 1. The summed E-state index contributed by atoms with van der Waals surface area (Å²) in [5, 5.41) is 3.32. The van der Waals surface area contributed by atoms with E-state index >= 15 is 0 Å². The molecule has 0 spiro atoms. The van der Waals surface area contributed by atoms with Gasteiger partial charge in [0.05, 0.1) is 0 Å². The highest BCUT2D eigenvalue weighted by Gasteiger charge is 2.23. The fourth-order valence-corrected chi connectivity index (χ4v) is 4.52. The molecule has 176 valence electrons. The standard InChI is InChI=1S/C18H29N3O2.C8H10S/c1-11-13(3)18(14(4)12(2)17(11)19)23-10-16(22)21(5)15-6-8-20-9-7-15;1-2-9-8-6-4-3-5-7-8/h15,20H,6-10,19H2,1-5H3;3-7H,2H2,1H3. The van der Waals surface area contributed by atoms with Gasteiger partial charge >= 0.3 is 0 Å². The van der Waals surface area contributed by atoms with Crippen LogP contribution in [0.5, 0.6) is 5.75 Å². The predicted octanol–water partition coefficient (Wildman–Crippen LogP) is 4.89. The monoisotopic (exact) mass is 457 g/mol. The Labute approximate surface area is 198 Å². The van der Waals surface area contributed by atoms with Crippen molar-refractivity contribution in [3.05, 3.63) is 52.6 Å². The van der Waals surface area contributed by atoms with Crippen LogP contribution in [0.15, 0.2) is 35.2 Å². The van der Waals surface area contributed by atoms with E-state index < -0.39 is 0 Å². The van der Waals surface area contributed by atoms with Crippen molar-refractivity contribution in [1.29, 1.82) is 0 Å². The number of carbonyl (C=O) groups is 1. The predicted molar refractivity (Wildman–Crippen MR) is 137 cm³/mol. The Morgan fingerprint density at radius 3 is 2.16 bits per heavy atom. The summed E-state index contributed by atoms with van der Waals surface area (Å²) in [5.41, 5.74) is 11.0. The maximum absolute atomic E-state index is 12.4. The lowest BCUT2D eigenvalue weighted by Crippen LogP contribution is -2.45. The van der Waals surface area contributed by atoms with E-state index in [2.05, 4.69) is 36.5 Å². The van der Waals surface area contributed by atoms with Gasteiger partial charge in [0, 0.05) is 23.7 Å². The first-order valence-corrected chi connectivity index (χ1v) is 12.4. The maximum atomic E-state index is 12.4. The minimum Gasteiger partial charge on any atom is -0.483 e. The molecule has 2 aromatic rings. The zero-order valence-corrected chi connectivity index (χ0v) is 21.3. The van der Waals surface area contributed by atoms with E-state index in [0.29, 0.717) is 6.04 Å². The number of nitrogen functional groups attached to an aromatic ring is 1. The van der Waals surface area contributed by atoms with Crippen LogP contribution in [0.4, 0.5) is 5.69 Å². The number of hydrogen-bond donors (Lipinski definition) is 2. The molecule has 3 N–H and O–H groups in total. The summed E-state index contributed by atoms with van der Waals surface area (Å²) < 4.78 is 5.90. The van der Waals surface area contributed by atoms with Gasteiger partial charge in [0.1, 0.15) is 5.75 Å². The van der Waals surface area contributed by atoms with Crippen LogP contribution < -0.4 is 15.8 Å². The van der Waals surface area contributed by atoms with E-state index in [-0.39, 0.29) is 12.5 Å². The van der Waals surface area contributed by atoms with E-state index in [9.17, 15) is 4.79 Å². The summed E-state index contributed by atoms with van der Waals surface area (Å²) >= 11 is 1.88. The van der Waals surface area contributed by atoms with Gasteiger partial charge in [-0.3, -0.25) is 4.79 Å². The van der Waals surface area contributed by atoms with Gasteiger partial charge in [-0.25, -0.2) is 0 Å². The number of hydrogen-bond acceptors (Lipinski definition) is 5. The Kier molecular flexibility index (Phi) is 10.4. The lowest BCUT2D eigenvalue weighted by Gasteiger charge is -2.31. The minimum atomic E-state index is 0.0304. The Bertz CT molecular complexity index is 851. The van der Waals surface area contributed by atoms with E-state index in [4.69, 9.17) is 10.5 Å². The van der Waals surface area contributed by atoms with Crippen LogP contribution in [-0.2, 0) is 4.79 Å². The number of nitrogens with two attached hydrogens (primary N) is 1. The molecule has 1 saturated heterocycles. The molecule has 0 aromatic heterocycles. The summed E-state index contributed by atoms with van der Waals surface area (Å²) in [5.74, 6) is 1.98. The van der Waals surface area contributed by atoms with Crippen molar-refractivity contribution in [2.45, 2.75) is 58.4 Å². The second-order valence-electron chi connectivity index (χ2n) is 8.26. The van der Waals surface area contributed by atoms with Crippen molar-refractivity contribution >= 4 is 23.4 Å². The average Bonchev–Trinajstić information content (AvgIpc) is 2.82. The molecule has 1 heterocycles. The van der Waals surface area contributed by atoms with Gasteiger partial charge in [0.25, 0.3) is 5.91 Å². The van der Waals surface area contributed by atoms with Gasteiger partial charge in [0.2, 0.25) is 0 Å². The molecule has 6 heteroatoms. The average molecular weight is 458 g/mol. The first kappa shape index (κ1) is 26.1. The van der Waals surface area contributed by atoms with Gasteiger partial charge in [-0.05, 0) is 93.8 Å². The molecule has 1 aliphatic rings. The van der Waals surface area contributed by atoms with Crippen molar-refractivity contribution in [1.82, 2.24) is 10.2 Å². The molecule has 0 saturated carbocycles. The van der Waals surface area contributed by atoms with Crippen LogP contribution in [0.2, 0.25) is 0 Å². The largest absolute Gasteiger partial charge is 0.483 e. The molecular formula is C26H39N3O2S. The number of nitrogens with zero attached hydrogens (tertiary/aromatic N) is 1. The number of ether oxygens (including phenoxy) is 1. The van der Waals surface area contributed by atoms with Crippen molar-refractivity contribution in [3.8, 4) is 5.75 Å². The Balaban J connectivity index is 0.000000336. The zero-order chi connectivity index (χ0) is 23.7. The van der Waals surface area contributed by atoms with Crippen LogP contribution in [0, 0.1) is 27.7 Å².